The molecule has 2 aromatic carbocycles. The zero-order valence-electron chi connectivity index (χ0n) is 12.1. The Morgan fingerprint density at radius 2 is 1.63 bits per heavy atom. The third kappa shape index (κ3) is 3.28. The van der Waals surface area contributed by atoms with E-state index < -0.39 is 0 Å². The maximum atomic E-state index is 5.40. The zero-order chi connectivity index (χ0) is 13.8. The second kappa shape index (κ2) is 5.79. The summed E-state index contributed by atoms with van der Waals surface area (Å²) in [7, 11) is 1.71. The Bertz CT molecular complexity index is 575. The van der Waals surface area contributed by atoms with Crippen LogP contribution in [0.1, 0.15) is 22.3 Å². The summed E-state index contributed by atoms with van der Waals surface area (Å²) in [5.41, 5.74) is 6.17. The summed E-state index contributed by atoms with van der Waals surface area (Å²) in [5.74, 6) is 0.893. The van der Waals surface area contributed by atoms with E-state index in [2.05, 4.69) is 56.4 Å². The van der Waals surface area contributed by atoms with Crippen LogP contribution in [-0.4, -0.2) is 7.11 Å². The smallest absolute Gasteiger partial charge is 0.142 e. The summed E-state index contributed by atoms with van der Waals surface area (Å²) in [6.07, 6.45) is 0. The Balaban J connectivity index is 2.14. The molecule has 1 N–H and O–H groups in total. The van der Waals surface area contributed by atoms with Crippen molar-refractivity contribution in [3.63, 3.8) is 0 Å². The molecule has 2 aromatic rings. The summed E-state index contributed by atoms with van der Waals surface area (Å²) in [6.45, 7) is 7.14. The van der Waals surface area contributed by atoms with Gasteiger partial charge in [-0.25, -0.2) is 0 Å². The molecule has 0 spiro atoms. The minimum absolute atomic E-state index is 0.811. The molecule has 19 heavy (non-hydrogen) atoms. The predicted octanol–water partition coefficient (Wildman–Crippen LogP) is 4.23. The van der Waals surface area contributed by atoms with Crippen molar-refractivity contribution in [1.82, 2.24) is 0 Å². The number of anilines is 1. The third-order valence-corrected chi connectivity index (χ3v) is 3.32. The highest BCUT2D eigenvalue weighted by atomic mass is 16.5. The monoisotopic (exact) mass is 255 g/mol. The van der Waals surface area contributed by atoms with Gasteiger partial charge in [0.2, 0.25) is 0 Å². The van der Waals surface area contributed by atoms with E-state index in [9.17, 15) is 0 Å². The van der Waals surface area contributed by atoms with Gasteiger partial charge >= 0.3 is 0 Å². The molecule has 0 saturated heterocycles. The van der Waals surface area contributed by atoms with Gasteiger partial charge in [0.15, 0.2) is 0 Å². The van der Waals surface area contributed by atoms with Crippen LogP contribution >= 0.6 is 0 Å². The first-order valence-corrected chi connectivity index (χ1v) is 6.55. The molecule has 0 aliphatic rings. The molecule has 0 amide bonds. The van der Waals surface area contributed by atoms with Gasteiger partial charge in [0.25, 0.3) is 0 Å². The molecule has 2 heteroatoms. The quantitative estimate of drug-likeness (QED) is 0.882. The molecule has 0 heterocycles. The molecule has 0 atom stereocenters. The fourth-order valence-corrected chi connectivity index (χ4v) is 2.18. The Morgan fingerprint density at radius 1 is 0.947 bits per heavy atom. The molecule has 0 fully saturated rings. The van der Waals surface area contributed by atoms with Gasteiger partial charge in [0, 0.05) is 6.54 Å². The number of nitrogens with one attached hydrogen (secondary N) is 1. The molecule has 0 aromatic heterocycles. The minimum atomic E-state index is 0.811. The second-order valence-electron chi connectivity index (χ2n) is 4.99. The van der Waals surface area contributed by atoms with Crippen LogP contribution in [0.2, 0.25) is 0 Å². The van der Waals surface area contributed by atoms with Crippen molar-refractivity contribution in [2.75, 3.05) is 12.4 Å². The second-order valence-corrected chi connectivity index (χ2v) is 4.99. The maximum absolute atomic E-state index is 5.40. The number of benzene rings is 2. The number of rotatable bonds is 4. The van der Waals surface area contributed by atoms with Crippen molar-refractivity contribution < 1.29 is 4.74 Å². The first-order valence-electron chi connectivity index (χ1n) is 6.55. The summed E-state index contributed by atoms with van der Waals surface area (Å²) >= 11 is 0. The van der Waals surface area contributed by atoms with Gasteiger partial charge in [-0.2, -0.15) is 0 Å². The fourth-order valence-electron chi connectivity index (χ4n) is 2.18. The number of hydrogen-bond acceptors (Lipinski definition) is 2. The van der Waals surface area contributed by atoms with E-state index in [0.717, 1.165) is 18.0 Å². The lowest BCUT2D eigenvalue weighted by atomic mass is 10.1. The third-order valence-electron chi connectivity index (χ3n) is 3.32. The van der Waals surface area contributed by atoms with Crippen molar-refractivity contribution in [2.45, 2.75) is 27.3 Å². The van der Waals surface area contributed by atoms with Gasteiger partial charge in [-0.15, -0.1) is 0 Å². The largest absolute Gasteiger partial charge is 0.495 e. The first-order chi connectivity index (χ1) is 9.10. The molecule has 2 rings (SSSR count). The summed E-state index contributed by atoms with van der Waals surface area (Å²) in [5, 5.41) is 3.44. The van der Waals surface area contributed by atoms with E-state index in [1.54, 1.807) is 7.11 Å². The molecular formula is C17H21NO. The molecule has 0 bridgehead atoms. The Labute approximate surface area is 115 Å². The molecule has 0 aliphatic carbocycles. The minimum Gasteiger partial charge on any atom is -0.495 e. The van der Waals surface area contributed by atoms with E-state index >= 15 is 0 Å². The van der Waals surface area contributed by atoms with Gasteiger partial charge in [0.1, 0.15) is 5.75 Å². The van der Waals surface area contributed by atoms with E-state index in [0.29, 0.717) is 0 Å². The lowest BCUT2D eigenvalue weighted by Gasteiger charge is -2.13. The van der Waals surface area contributed by atoms with Crippen LogP contribution in [0, 0.1) is 20.8 Å². The van der Waals surface area contributed by atoms with Crippen molar-refractivity contribution in [1.29, 1.82) is 0 Å². The molecule has 0 saturated carbocycles. The summed E-state index contributed by atoms with van der Waals surface area (Å²) in [6, 6.07) is 12.7. The lowest BCUT2D eigenvalue weighted by Crippen LogP contribution is -2.03. The van der Waals surface area contributed by atoms with Crippen LogP contribution in [0.4, 0.5) is 5.69 Å². The number of methoxy groups -OCH3 is 1. The SMILES string of the molecule is COc1cc(C)ccc1NCc1ccc(C)cc1C. The van der Waals surface area contributed by atoms with E-state index in [4.69, 9.17) is 4.74 Å². The topological polar surface area (TPSA) is 21.3 Å². The van der Waals surface area contributed by atoms with Gasteiger partial charge < -0.3 is 10.1 Å². The molecular weight excluding hydrogens is 234 g/mol. The van der Waals surface area contributed by atoms with Crippen LogP contribution in [0.5, 0.6) is 5.75 Å². The summed E-state index contributed by atoms with van der Waals surface area (Å²) in [4.78, 5) is 0. The highest BCUT2D eigenvalue weighted by Gasteiger charge is 2.04. The lowest BCUT2D eigenvalue weighted by molar-refractivity contribution is 0.416. The highest BCUT2D eigenvalue weighted by Crippen LogP contribution is 2.26. The van der Waals surface area contributed by atoms with Crippen molar-refractivity contribution in [3.8, 4) is 5.75 Å². The Morgan fingerprint density at radius 3 is 2.32 bits per heavy atom. The van der Waals surface area contributed by atoms with E-state index in [-0.39, 0.29) is 0 Å². The van der Waals surface area contributed by atoms with Gasteiger partial charge in [0.05, 0.1) is 12.8 Å². The number of hydrogen-bond donors (Lipinski definition) is 1. The van der Waals surface area contributed by atoms with Gasteiger partial charge in [-0.05, 0) is 49.6 Å². The average Bonchev–Trinajstić information content (AvgIpc) is 2.39. The Kier molecular flexibility index (Phi) is 4.10. The van der Waals surface area contributed by atoms with Crippen LogP contribution in [0.15, 0.2) is 36.4 Å². The average molecular weight is 255 g/mol. The number of ether oxygens (including phenoxy) is 1. The molecule has 0 aliphatic heterocycles. The maximum Gasteiger partial charge on any atom is 0.142 e. The van der Waals surface area contributed by atoms with Crippen molar-refractivity contribution >= 4 is 5.69 Å². The van der Waals surface area contributed by atoms with Crippen LogP contribution in [0.3, 0.4) is 0 Å². The highest BCUT2D eigenvalue weighted by molar-refractivity contribution is 5.58. The van der Waals surface area contributed by atoms with Crippen molar-refractivity contribution in [3.05, 3.63) is 58.7 Å². The number of aryl methyl sites for hydroxylation is 3. The van der Waals surface area contributed by atoms with Crippen LogP contribution in [0.25, 0.3) is 0 Å². The van der Waals surface area contributed by atoms with Crippen molar-refractivity contribution in [2.24, 2.45) is 0 Å². The predicted molar refractivity (Wildman–Crippen MR) is 81.0 cm³/mol. The van der Waals surface area contributed by atoms with Gasteiger partial charge in [-0.1, -0.05) is 29.8 Å². The normalized spacial score (nSPS) is 10.3. The molecule has 0 radical (unpaired) electrons. The fraction of sp³-hybridized carbons (Fsp3) is 0.294. The summed E-state index contributed by atoms with van der Waals surface area (Å²) < 4.78 is 5.40. The molecule has 0 unspecified atom stereocenters. The van der Waals surface area contributed by atoms with E-state index in [1.807, 2.05) is 6.07 Å². The standard InChI is InChI=1S/C17H21NO/c1-12-5-7-15(14(3)9-12)11-18-16-8-6-13(2)10-17(16)19-4/h5-10,18H,11H2,1-4H3. The molecule has 2 nitrogen and oxygen atoms in total. The first kappa shape index (κ1) is 13.5. The zero-order valence-corrected chi connectivity index (χ0v) is 12.1. The van der Waals surface area contributed by atoms with E-state index in [1.165, 1.54) is 22.3 Å². The Hall–Kier alpha value is -1.96. The molecule has 100 valence electrons. The van der Waals surface area contributed by atoms with Gasteiger partial charge in [-0.3, -0.25) is 0 Å². The van der Waals surface area contributed by atoms with Crippen LogP contribution in [-0.2, 0) is 6.54 Å². The van der Waals surface area contributed by atoms with Crippen LogP contribution < -0.4 is 10.1 Å².